The molecule has 1 aliphatic rings. The average molecular weight is 269 g/mol. The highest BCUT2D eigenvalue weighted by atomic mass is 35.5. The number of β-amino-alcohol motifs (C(OH)–C–C–N with tert-alkyl or cyclic N) is 1. The lowest BCUT2D eigenvalue weighted by Crippen LogP contribution is -2.26. The quantitative estimate of drug-likeness (QED) is 0.875. The number of aliphatic hydroxyl groups is 1. The predicted octanol–water partition coefficient (Wildman–Crippen LogP) is 1.74. The van der Waals surface area contributed by atoms with E-state index >= 15 is 0 Å². The lowest BCUT2D eigenvalue weighted by atomic mass is 10.3. The summed E-state index contributed by atoms with van der Waals surface area (Å²) in [5.74, 6) is -0.0514. The van der Waals surface area contributed by atoms with Crippen LogP contribution in [0.4, 0.5) is 5.69 Å². The van der Waals surface area contributed by atoms with Gasteiger partial charge in [0.15, 0.2) is 0 Å². The van der Waals surface area contributed by atoms with E-state index in [0.29, 0.717) is 30.2 Å². The number of aliphatic hydroxyl groups excluding tert-OH is 1. The lowest BCUT2D eigenvalue weighted by molar-refractivity contribution is -0.116. The fraction of sp³-hybridized carbons (Fsp3) is 0.462. The molecular weight excluding hydrogens is 252 g/mol. The van der Waals surface area contributed by atoms with Gasteiger partial charge in [0.05, 0.1) is 16.8 Å². The molecule has 1 aromatic rings. The summed E-state index contributed by atoms with van der Waals surface area (Å²) >= 11 is 5.96. The van der Waals surface area contributed by atoms with Crippen molar-refractivity contribution < 1.29 is 9.90 Å². The molecule has 1 amide bonds. The smallest absolute Gasteiger partial charge is 0.225 e. The minimum Gasteiger partial charge on any atom is -0.392 e. The number of nitrogens with zero attached hydrogens (tertiary/aromatic N) is 1. The van der Waals surface area contributed by atoms with Crippen LogP contribution >= 0.6 is 11.6 Å². The normalized spacial score (nSPS) is 20.0. The minimum atomic E-state index is -0.239. The van der Waals surface area contributed by atoms with Gasteiger partial charge in [-0.3, -0.25) is 4.79 Å². The largest absolute Gasteiger partial charge is 0.392 e. The Bertz CT molecular complexity index is 425. The van der Waals surface area contributed by atoms with Crippen molar-refractivity contribution in [3.05, 3.63) is 29.3 Å². The summed E-state index contributed by atoms with van der Waals surface area (Å²) < 4.78 is 0. The van der Waals surface area contributed by atoms with E-state index in [9.17, 15) is 9.90 Å². The minimum absolute atomic E-state index is 0.0514. The number of benzene rings is 1. The molecule has 4 nitrogen and oxygen atoms in total. The molecule has 0 saturated carbocycles. The molecule has 1 saturated heterocycles. The molecule has 0 aliphatic carbocycles. The Morgan fingerprint density at radius 1 is 1.50 bits per heavy atom. The first-order chi connectivity index (χ1) is 8.65. The van der Waals surface area contributed by atoms with Crippen molar-refractivity contribution in [2.45, 2.75) is 18.9 Å². The van der Waals surface area contributed by atoms with Gasteiger partial charge in [-0.2, -0.15) is 0 Å². The first kappa shape index (κ1) is 13.3. The third-order valence-electron chi connectivity index (χ3n) is 3.05. The van der Waals surface area contributed by atoms with Crippen LogP contribution in [0, 0.1) is 0 Å². The number of rotatable bonds is 4. The van der Waals surface area contributed by atoms with Gasteiger partial charge in [0.25, 0.3) is 0 Å². The predicted molar refractivity (Wildman–Crippen MR) is 71.8 cm³/mol. The Labute approximate surface area is 112 Å². The highest BCUT2D eigenvalue weighted by Gasteiger charge is 2.20. The van der Waals surface area contributed by atoms with Gasteiger partial charge in [-0.15, -0.1) is 0 Å². The summed E-state index contributed by atoms with van der Waals surface area (Å²) in [4.78, 5) is 13.8. The zero-order valence-corrected chi connectivity index (χ0v) is 10.9. The Morgan fingerprint density at radius 2 is 2.28 bits per heavy atom. The summed E-state index contributed by atoms with van der Waals surface area (Å²) in [6.07, 6.45) is 0.973. The number of carbonyl (C=O) groups excluding carboxylic acids is 1. The first-order valence-electron chi connectivity index (χ1n) is 6.10. The Kier molecular flexibility index (Phi) is 4.58. The van der Waals surface area contributed by atoms with E-state index < -0.39 is 0 Å². The fourth-order valence-electron chi connectivity index (χ4n) is 2.05. The lowest BCUT2D eigenvalue weighted by Gasteiger charge is -2.14. The average Bonchev–Trinajstić information content (AvgIpc) is 2.76. The molecule has 98 valence electrons. The Hall–Kier alpha value is -1.10. The SMILES string of the molecule is O=C(CCN1CC[C@@H](O)C1)Nc1ccccc1Cl. The van der Waals surface area contributed by atoms with Gasteiger partial charge in [0, 0.05) is 26.1 Å². The van der Waals surface area contributed by atoms with Gasteiger partial charge in [0.2, 0.25) is 5.91 Å². The van der Waals surface area contributed by atoms with Gasteiger partial charge < -0.3 is 15.3 Å². The van der Waals surface area contributed by atoms with Gasteiger partial charge in [0.1, 0.15) is 0 Å². The second-order valence-corrected chi connectivity index (χ2v) is 4.93. The number of hydrogen-bond donors (Lipinski definition) is 2. The Morgan fingerprint density at radius 3 is 2.94 bits per heavy atom. The molecule has 0 spiro atoms. The molecule has 0 bridgehead atoms. The van der Waals surface area contributed by atoms with Crippen LogP contribution in [0.25, 0.3) is 0 Å². The zero-order valence-electron chi connectivity index (χ0n) is 10.1. The highest BCUT2D eigenvalue weighted by Crippen LogP contribution is 2.20. The Balaban J connectivity index is 1.77. The van der Waals surface area contributed by atoms with Gasteiger partial charge >= 0.3 is 0 Å². The number of likely N-dealkylation sites (tertiary alicyclic amines) is 1. The van der Waals surface area contributed by atoms with Crippen molar-refractivity contribution in [2.75, 3.05) is 25.0 Å². The van der Waals surface area contributed by atoms with E-state index in [1.807, 2.05) is 12.1 Å². The van der Waals surface area contributed by atoms with Crippen molar-refractivity contribution >= 4 is 23.2 Å². The highest BCUT2D eigenvalue weighted by molar-refractivity contribution is 6.33. The molecule has 1 atom stereocenters. The number of carbonyl (C=O) groups is 1. The molecule has 1 aliphatic heterocycles. The monoisotopic (exact) mass is 268 g/mol. The van der Waals surface area contributed by atoms with Gasteiger partial charge in [-0.25, -0.2) is 0 Å². The standard InChI is InChI=1S/C13H17ClN2O2/c14-11-3-1-2-4-12(11)15-13(18)6-8-16-7-5-10(17)9-16/h1-4,10,17H,5-9H2,(H,15,18)/t10-/m1/s1. The topological polar surface area (TPSA) is 52.6 Å². The summed E-state index contributed by atoms with van der Waals surface area (Å²) in [6.45, 7) is 2.20. The number of nitrogens with one attached hydrogen (secondary N) is 1. The molecule has 2 rings (SSSR count). The van der Waals surface area contributed by atoms with E-state index in [1.165, 1.54) is 0 Å². The van der Waals surface area contributed by atoms with E-state index in [4.69, 9.17) is 11.6 Å². The van der Waals surface area contributed by atoms with E-state index in [2.05, 4.69) is 10.2 Å². The number of para-hydroxylation sites is 1. The molecule has 0 aromatic heterocycles. The van der Waals surface area contributed by atoms with Crippen LogP contribution in [0.2, 0.25) is 5.02 Å². The second-order valence-electron chi connectivity index (χ2n) is 4.52. The van der Waals surface area contributed by atoms with Crippen LogP contribution in [-0.4, -0.2) is 41.7 Å². The van der Waals surface area contributed by atoms with Crippen LogP contribution in [-0.2, 0) is 4.79 Å². The molecule has 1 aromatic carbocycles. The molecule has 1 fully saturated rings. The van der Waals surface area contributed by atoms with Crippen LogP contribution in [0.3, 0.4) is 0 Å². The maximum absolute atomic E-state index is 11.7. The molecular formula is C13H17ClN2O2. The molecule has 1 heterocycles. The van der Waals surface area contributed by atoms with Crippen LogP contribution in [0.5, 0.6) is 0 Å². The molecule has 2 N–H and O–H groups in total. The first-order valence-corrected chi connectivity index (χ1v) is 6.48. The van der Waals surface area contributed by atoms with Crippen molar-refractivity contribution in [3.63, 3.8) is 0 Å². The van der Waals surface area contributed by atoms with Crippen LogP contribution in [0.15, 0.2) is 24.3 Å². The fourth-order valence-corrected chi connectivity index (χ4v) is 2.23. The maximum Gasteiger partial charge on any atom is 0.225 e. The number of anilines is 1. The van der Waals surface area contributed by atoms with Crippen molar-refractivity contribution in [1.29, 1.82) is 0 Å². The zero-order chi connectivity index (χ0) is 13.0. The summed E-state index contributed by atoms with van der Waals surface area (Å²) in [5, 5.41) is 12.7. The third-order valence-corrected chi connectivity index (χ3v) is 3.38. The van der Waals surface area contributed by atoms with Crippen molar-refractivity contribution in [3.8, 4) is 0 Å². The third kappa shape index (κ3) is 3.70. The number of amides is 1. The van der Waals surface area contributed by atoms with E-state index in [0.717, 1.165) is 13.0 Å². The summed E-state index contributed by atoms with van der Waals surface area (Å²) in [6, 6.07) is 7.18. The molecule has 0 radical (unpaired) electrons. The van der Waals surface area contributed by atoms with E-state index in [1.54, 1.807) is 12.1 Å². The van der Waals surface area contributed by atoms with Gasteiger partial charge in [-0.1, -0.05) is 23.7 Å². The van der Waals surface area contributed by atoms with Crippen LogP contribution in [0.1, 0.15) is 12.8 Å². The second kappa shape index (κ2) is 6.18. The number of hydrogen-bond acceptors (Lipinski definition) is 3. The summed E-state index contributed by atoms with van der Waals surface area (Å²) in [5.41, 5.74) is 0.644. The summed E-state index contributed by atoms with van der Waals surface area (Å²) in [7, 11) is 0. The van der Waals surface area contributed by atoms with E-state index in [-0.39, 0.29) is 12.0 Å². The number of halogens is 1. The van der Waals surface area contributed by atoms with Crippen LogP contribution < -0.4 is 5.32 Å². The van der Waals surface area contributed by atoms with Gasteiger partial charge in [-0.05, 0) is 18.6 Å². The maximum atomic E-state index is 11.7. The van der Waals surface area contributed by atoms with Crippen molar-refractivity contribution in [2.24, 2.45) is 0 Å². The molecule has 5 heteroatoms. The molecule has 0 unspecified atom stereocenters. The van der Waals surface area contributed by atoms with Crippen molar-refractivity contribution in [1.82, 2.24) is 4.90 Å². The molecule has 18 heavy (non-hydrogen) atoms.